The van der Waals surface area contributed by atoms with Gasteiger partial charge in [0.25, 0.3) is 0 Å². The highest BCUT2D eigenvalue weighted by Crippen LogP contribution is 2.30. The number of halogens is 1. The van der Waals surface area contributed by atoms with Crippen molar-refractivity contribution in [3.05, 3.63) is 107 Å². The zero-order valence-electron chi connectivity index (χ0n) is 18.7. The van der Waals surface area contributed by atoms with Crippen molar-refractivity contribution in [1.29, 1.82) is 0 Å². The minimum Gasteiger partial charge on any atom is -0.367 e. The molecule has 0 bridgehead atoms. The van der Waals surface area contributed by atoms with Crippen molar-refractivity contribution in [2.24, 2.45) is 0 Å². The van der Waals surface area contributed by atoms with Crippen LogP contribution in [-0.4, -0.2) is 51.3 Å². The Labute approximate surface area is 193 Å². The van der Waals surface area contributed by atoms with Gasteiger partial charge in [0.05, 0.1) is 18.3 Å². The number of piperazine rings is 1. The van der Waals surface area contributed by atoms with Crippen molar-refractivity contribution in [2.75, 3.05) is 31.1 Å². The van der Waals surface area contributed by atoms with E-state index in [2.05, 4.69) is 68.6 Å². The third-order valence-electron chi connectivity index (χ3n) is 6.24. The standard InChI is InChI=1S/C26H27FN6/c1-20-11-13-22(14-12-20)25(26-28-29-30-33(26)19-21-7-3-2-4-8-21)32-17-15-31(16-18-32)24-10-6-5-9-23(24)27/h2-14,25H,15-19H2,1H3/t25-/m0/s1. The lowest BCUT2D eigenvalue weighted by atomic mass is 10.0. The molecular weight excluding hydrogens is 415 g/mol. The van der Waals surface area contributed by atoms with Crippen molar-refractivity contribution >= 4 is 5.69 Å². The van der Waals surface area contributed by atoms with Crippen LogP contribution in [0.25, 0.3) is 0 Å². The molecule has 0 N–H and O–H groups in total. The van der Waals surface area contributed by atoms with Crippen molar-refractivity contribution in [3.63, 3.8) is 0 Å². The predicted octanol–water partition coefficient (Wildman–Crippen LogP) is 4.08. The molecule has 4 aromatic rings. The fourth-order valence-corrected chi connectivity index (χ4v) is 4.48. The largest absolute Gasteiger partial charge is 0.367 e. The molecule has 2 heterocycles. The molecule has 1 aliphatic rings. The van der Waals surface area contributed by atoms with Crippen LogP contribution in [0.3, 0.4) is 0 Å². The van der Waals surface area contributed by atoms with Gasteiger partial charge in [0, 0.05) is 26.2 Å². The summed E-state index contributed by atoms with van der Waals surface area (Å²) in [4.78, 5) is 4.51. The summed E-state index contributed by atoms with van der Waals surface area (Å²) in [7, 11) is 0. The molecule has 3 aromatic carbocycles. The Kier molecular flexibility index (Phi) is 6.13. The van der Waals surface area contributed by atoms with E-state index in [0.29, 0.717) is 12.2 Å². The number of benzene rings is 3. The van der Waals surface area contributed by atoms with Crippen LogP contribution in [0.15, 0.2) is 78.9 Å². The van der Waals surface area contributed by atoms with Crippen LogP contribution in [0.2, 0.25) is 0 Å². The van der Waals surface area contributed by atoms with E-state index in [1.54, 1.807) is 6.07 Å². The molecule has 168 valence electrons. The third-order valence-corrected chi connectivity index (χ3v) is 6.24. The van der Waals surface area contributed by atoms with E-state index in [9.17, 15) is 4.39 Å². The molecule has 1 aromatic heterocycles. The van der Waals surface area contributed by atoms with Gasteiger partial charge in [-0.2, -0.15) is 0 Å². The number of para-hydroxylation sites is 1. The van der Waals surface area contributed by atoms with Gasteiger partial charge in [0.15, 0.2) is 5.82 Å². The van der Waals surface area contributed by atoms with Gasteiger partial charge in [-0.3, -0.25) is 4.90 Å². The molecule has 1 atom stereocenters. The molecule has 7 heteroatoms. The van der Waals surface area contributed by atoms with Gasteiger partial charge in [0.1, 0.15) is 5.82 Å². The Morgan fingerprint density at radius 3 is 2.27 bits per heavy atom. The predicted molar refractivity (Wildman–Crippen MR) is 127 cm³/mol. The monoisotopic (exact) mass is 442 g/mol. The van der Waals surface area contributed by atoms with Crippen LogP contribution in [-0.2, 0) is 6.54 Å². The Bertz CT molecular complexity index is 1180. The highest BCUT2D eigenvalue weighted by molar-refractivity contribution is 5.48. The fourth-order valence-electron chi connectivity index (χ4n) is 4.48. The maximum Gasteiger partial charge on any atom is 0.173 e. The number of hydrogen-bond donors (Lipinski definition) is 0. The van der Waals surface area contributed by atoms with E-state index >= 15 is 0 Å². The number of hydrogen-bond acceptors (Lipinski definition) is 5. The lowest BCUT2D eigenvalue weighted by Crippen LogP contribution is -2.48. The average Bonchev–Trinajstić information content (AvgIpc) is 3.29. The first-order valence-corrected chi connectivity index (χ1v) is 11.3. The number of tetrazole rings is 1. The van der Waals surface area contributed by atoms with Crippen molar-refractivity contribution in [3.8, 4) is 0 Å². The first-order chi connectivity index (χ1) is 16.2. The Morgan fingerprint density at radius 2 is 1.55 bits per heavy atom. The normalized spacial score (nSPS) is 15.5. The topological polar surface area (TPSA) is 50.1 Å². The second-order valence-corrected chi connectivity index (χ2v) is 8.47. The molecular formula is C26H27FN6. The number of aryl methyl sites for hydroxylation is 1. The number of anilines is 1. The van der Waals surface area contributed by atoms with Crippen LogP contribution in [0.4, 0.5) is 10.1 Å². The summed E-state index contributed by atoms with van der Waals surface area (Å²) >= 11 is 0. The van der Waals surface area contributed by atoms with E-state index < -0.39 is 0 Å². The van der Waals surface area contributed by atoms with E-state index in [-0.39, 0.29) is 11.9 Å². The average molecular weight is 443 g/mol. The van der Waals surface area contributed by atoms with Crippen LogP contribution in [0.1, 0.15) is 28.6 Å². The first-order valence-electron chi connectivity index (χ1n) is 11.3. The molecule has 5 rings (SSSR count). The molecule has 0 saturated carbocycles. The minimum absolute atomic E-state index is 0.0768. The minimum atomic E-state index is -0.173. The smallest absolute Gasteiger partial charge is 0.173 e. The van der Waals surface area contributed by atoms with Gasteiger partial charge in [0.2, 0.25) is 0 Å². The number of rotatable bonds is 6. The molecule has 0 spiro atoms. The lowest BCUT2D eigenvalue weighted by molar-refractivity contribution is 0.201. The summed E-state index contributed by atoms with van der Waals surface area (Å²) in [5.41, 5.74) is 4.19. The summed E-state index contributed by atoms with van der Waals surface area (Å²) < 4.78 is 16.2. The summed E-state index contributed by atoms with van der Waals surface area (Å²) in [6.07, 6.45) is 0. The Balaban J connectivity index is 1.43. The quantitative estimate of drug-likeness (QED) is 0.450. The molecule has 0 radical (unpaired) electrons. The zero-order chi connectivity index (χ0) is 22.6. The van der Waals surface area contributed by atoms with E-state index in [1.807, 2.05) is 35.0 Å². The lowest BCUT2D eigenvalue weighted by Gasteiger charge is -2.40. The first kappa shape index (κ1) is 21.3. The van der Waals surface area contributed by atoms with Gasteiger partial charge in [-0.05, 0) is 40.6 Å². The van der Waals surface area contributed by atoms with E-state index in [0.717, 1.165) is 43.1 Å². The SMILES string of the molecule is Cc1ccc([C@@H](c2nnnn2Cc2ccccc2)N2CCN(c3ccccc3F)CC2)cc1. The van der Waals surface area contributed by atoms with Gasteiger partial charge in [-0.1, -0.05) is 72.3 Å². The molecule has 1 fully saturated rings. The molecule has 0 unspecified atom stereocenters. The number of aromatic nitrogens is 4. The third kappa shape index (κ3) is 4.64. The number of nitrogens with zero attached hydrogens (tertiary/aromatic N) is 6. The van der Waals surface area contributed by atoms with Gasteiger partial charge in [-0.25, -0.2) is 9.07 Å². The van der Waals surface area contributed by atoms with Crippen molar-refractivity contribution < 1.29 is 4.39 Å². The van der Waals surface area contributed by atoms with Gasteiger partial charge in [-0.15, -0.1) is 5.10 Å². The van der Waals surface area contributed by atoms with Crippen LogP contribution >= 0.6 is 0 Å². The highest BCUT2D eigenvalue weighted by atomic mass is 19.1. The second-order valence-electron chi connectivity index (χ2n) is 8.47. The maximum atomic E-state index is 14.3. The molecule has 1 saturated heterocycles. The molecule has 0 amide bonds. The van der Waals surface area contributed by atoms with E-state index in [4.69, 9.17) is 0 Å². The second kappa shape index (κ2) is 9.50. The summed E-state index contributed by atoms with van der Waals surface area (Å²) in [6, 6.07) is 25.7. The summed E-state index contributed by atoms with van der Waals surface area (Å²) in [5.74, 6) is 0.648. The van der Waals surface area contributed by atoms with Crippen LogP contribution in [0.5, 0.6) is 0 Å². The molecule has 6 nitrogen and oxygen atoms in total. The fraction of sp³-hybridized carbons (Fsp3) is 0.269. The molecule has 33 heavy (non-hydrogen) atoms. The van der Waals surface area contributed by atoms with Crippen molar-refractivity contribution in [2.45, 2.75) is 19.5 Å². The Hall–Kier alpha value is -3.58. The summed E-state index contributed by atoms with van der Waals surface area (Å²) in [6.45, 7) is 5.75. The van der Waals surface area contributed by atoms with Gasteiger partial charge >= 0.3 is 0 Å². The van der Waals surface area contributed by atoms with Gasteiger partial charge < -0.3 is 4.90 Å². The highest BCUT2D eigenvalue weighted by Gasteiger charge is 2.31. The van der Waals surface area contributed by atoms with Crippen molar-refractivity contribution in [1.82, 2.24) is 25.1 Å². The van der Waals surface area contributed by atoms with Crippen LogP contribution in [0, 0.1) is 12.7 Å². The van der Waals surface area contributed by atoms with E-state index in [1.165, 1.54) is 11.6 Å². The molecule has 0 aliphatic carbocycles. The Morgan fingerprint density at radius 1 is 0.848 bits per heavy atom. The summed E-state index contributed by atoms with van der Waals surface area (Å²) in [5, 5.41) is 12.8. The maximum absolute atomic E-state index is 14.3. The molecule has 1 aliphatic heterocycles. The zero-order valence-corrected chi connectivity index (χ0v) is 18.7. The van der Waals surface area contributed by atoms with Crippen LogP contribution < -0.4 is 4.90 Å².